The van der Waals surface area contributed by atoms with Gasteiger partial charge in [-0.3, -0.25) is 4.79 Å². The van der Waals surface area contributed by atoms with E-state index in [9.17, 15) is 4.79 Å². The number of carbonyl (C=O) groups is 1. The topological polar surface area (TPSA) is 90.1 Å². The van der Waals surface area contributed by atoms with Gasteiger partial charge in [0.25, 0.3) is 5.91 Å². The fourth-order valence-electron chi connectivity index (χ4n) is 1.55. The minimum atomic E-state index is -0.511. The molecule has 1 aromatic heterocycles. The number of nitrogens with one attached hydrogen (secondary N) is 1. The highest BCUT2D eigenvalue weighted by Gasteiger charge is 2.10. The zero-order valence-corrected chi connectivity index (χ0v) is 11.9. The van der Waals surface area contributed by atoms with E-state index in [4.69, 9.17) is 10.5 Å². The molecular weight excluding hydrogens is 276 g/mol. The van der Waals surface area contributed by atoms with E-state index in [-0.39, 0.29) is 6.61 Å². The van der Waals surface area contributed by atoms with Crippen LogP contribution in [0, 0.1) is 0 Å². The van der Waals surface area contributed by atoms with E-state index >= 15 is 0 Å². The predicted molar refractivity (Wildman–Crippen MR) is 78.0 cm³/mol. The van der Waals surface area contributed by atoms with Gasteiger partial charge in [0.2, 0.25) is 5.13 Å². The average Bonchev–Trinajstić information content (AvgIpc) is 2.91. The largest absolute Gasteiger partial charge is 0.486 e. The third-order valence-corrected chi connectivity index (χ3v) is 3.35. The number of para-hydroxylation sites is 1. The Labute approximate surface area is 121 Å². The standard InChI is InChI=1S/C13H16N4O2S/c1-2-7-15-13-17-16-11(20-13)8-19-10-6-4-3-5-9(10)12(14)18/h3-6H,2,7-8H2,1H3,(H2,14,18)(H,15,17). The summed E-state index contributed by atoms with van der Waals surface area (Å²) in [4.78, 5) is 11.3. The lowest BCUT2D eigenvalue weighted by molar-refractivity contribution is 0.0996. The van der Waals surface area contributed by atoms with Crippen molar-refractivity contribution in [2.24, 2.45) is 5.73 Å². The maximum Gasteiger partial charge on any atom is 0.252 e. The Hall–Kier alpha value is -2.15. The minimum absolute atomic E-state index is 0.260. The number of aromatic nitrogens is 2. The highest BCUT2D eigenvalue weighted by atomic mass is 32.1. The van der Waals surface area contributed by atoms with Crippen LogP contribution in [0.1, 0.15) is 28.7 Å². The van der Waals surface area contributed by atoms with Crippen molar-refractivity contribution < 1.29 is 9.53 Å². The lowest BCUT2D eigenvalue weighted by atomic mass is 10.2. The zero-order valence-electron chi connectivity index (χ0n) is 11.1. The summed E-state index contributed by atoms with van der Waals surface area (Å²) in [6.45, 7) is 3.20. The van der Waals surface area contributed by atoms with Crippen molar-refractivity contribution in [2.75, 3.05) is 11.9 Å². The first-order valence-electron chi connectivity index (χ1n) is 6.28. The Morgan fingerprint density at radius 2 is 2.20 bits per heavy atom. The van der Waals surface area contributed by atoms with Crippen molar-refractivity contribution in [1.82, 2.24) is 10.2 Å². The molecule has 3 N–H and O–H groups in total. The molecule has 0 spiro atoms. The van der Waals surface area contributed by atoms with Crippen molar-refractivity contribution in [3.63, 3.8) is 0 Å². The van der Waals surface area contributed by atoms with Gasteiger partial charge in [0.15, 0.2) is 5.01 Å². The molecular formula is C13H16N4O2S. The first-order chi connectivity index (χ1) is 9.70. The van der Waals surface area contributed by atoms with Crippen molar-refractivity contribution in [2.45, 2.75) is 20.0 Å². The maximum absolute atomic E-state index is 11.3. The van der Waals surface area contributed by atoms with Gasteiger partial charge in [0.05, 0.1) is 5.56 Å². The molecule has 0 aliphatic rings. The molecule has 20 heavy (non-hydrogen) atoms. The minimum Gasteiger partial charge on any atom is -0.486 e. The second kappa shape index (κ2) is 6.85. The highest BCUT2D eigenvalue weighted by molar-refractivity contribution is 7.15. The molecule has 0 bridgehead atoms. The van der Waals surface area contributed by atoms with Crippen LogP contribution in [-0.4, -0.2) is 22.6 Å². The summed E-state index contributed by atoms with van der Waals surface area (Å²) in [6, 6.07) is 6.87. The first-order valence-corrected chi connectivity index (χ1v) is 7.10. The number of hydrogen-bond donors (Lipinski definition) is 2. The lowest BCUT2D eigenvalue weighted by Gasteiger charge is -2.07. The number of anilines is 1. The number of hydrogen-bond acceptors (Lipinski definition) is 6. The lowest BCUT2D eigenvalue weighted by Crippen LogP contribution is -2.12. The Balaban J connectivity index is 1.98. The smallest absolute Gasteiger partial charge is 0.252 e. The molecule has 0 unspecified atom stereocenters. The number of ether oxygens (including phenoxy) is 1. The Morgan fingerprint density at radius 1 is 1.40 bits per heavy atom. The number of carbonyl (C=O) groups excluding carboxylic acids is 1. The van der Waals surface area contributed by atoms with Crippen LogP contribution in [0.3, 0.4) is 0 Å². The van der Waals surface area contributed by atoms with E-state index in [1.54, 1.807) is 24.3 Å². The van der Waals surface area contributed by atoms with Gasteiger partial charge >= 0.3 is 0 Å². The molecule has 0 fully saturated rings. The van der Waals surface area contributed by atoms with Gasteiger partial charge in [-0.1, -0.05) is 30.4 Å². The molecule has 0 radical (unpaired) electrons. The van der Waals surface area contributed by atoms with Gasteiger partial charge in [0.1, 0.15) is 12.4 Å². The maximum atomic E-state index is 11.3. The van der Waals surface area contributed by atoms with Crippen molar-refractivity contribution in [1.29, 1.82) is 0 Å². The first kappa shape index (κ1) is 14.3. The fraction of sp³-hybridized carbons (Fsp3) is 0.308. The van der Waals surface area contributed by atoms with E-state index < -0.39 is 5.91 Å². The summed E-state index contributed by atoms with van der Waals surface area (Å²) in [5.41, 5.74) is 5.65. The second-order valence-corrected chi connectivity index (χ2v) is 5.14. The molecule has 0 aliphatic carbocycles. The van der Waals surface area contributed by atoms with Crippen LogP contribution in [0.5, 0.6) is 5.75 Å². The molecule has 1 amide bonds. The molecule has 0 atom stereocenters. The summed E-state index contributed by atoms with van der Waals surface area (Å²) in [5.74, 6) is -0.0542. The highest BCUT2D eigenvalue weighted by Crippen LogP contribution is 2.21. The van der Waals surface area contributed by atoms with Crippen molar-refractivity contribution in [3.8, 4) is 5.75 Å². The van der Waals surface area contributed by atoms with Crippen LogP contribution in [0.15, 0.2) is 24.3 Å². The number of rotatable bonds is 7. The van der Waals surface area contributed by atoms with E-state index in [0.717, 1.165) is 23.1 Å². The molecule has 106 valence electrons. The SMILES string of the molecule is CCCNc1nnc(COc2ccccc2C(N)=O)s1. The van der Waals surface area contributed by atoms with Gasteiger partial charge in [-0.2, -0.15) is 0 Å². The zero-order chi connectivity index (χ0) is 14.4. The van der Waals surface area contributed by atoms with E-state index in [1.807, 2.05) is 0 Å². The van der Waals surface area contributed by atoms with Crippen LogP contribution < -0.4 is 15.8 Å². The van der Waals surface area contributed by atoms with Crippen molar-refractivity contribution in [3.05, 3.63) is 34.8 Å². The van der Waals surface area contributed by atoms with Crippen LogP contribution in [0.2, 0.25) is 0 Å². The molecule has 0 aliphatic heterocycles. The van der Waals surface area contributed by atoms with E-state index in [2.05, 4.69) is 22.4 Å². The van der Waals surface area contributed by atoms with E-state index in [0.29, 0.717) is 11.3 Å². The molecule has 0 saturated heterocycles. The number of amides is 1. The fourth-order valence-corrected chi connectivity index (χ4v) is 2.23. The molecule has 1 heterocycles. The molecule has 2 rings (SSSR count). The number of nitrogens with two attached hydrogens (primary N) is 1. The van der Waals surface area contributed by atoms with Gasteiger partial charge in [0, 0.05) is 6.54 Å². The quantitative estimate of drug-likeness (QED) is 0.815. The molecule has 7 heteroatoms. The van der Waals surface area contributed by atoms with E-state index in [1.165, 1.54) is 11.3 Å². The average molecular weight is 292 g/mol. The summed E-state index contributed by atoms with van der Waals surface area (Å²) < 4.78 is 5.58. The molecule has 0 saturated carbocycles. The predicted octanol–water partition coefficient (Wildman–Crippen LogP) is 2.04. The molecule has 1 aromatic carbocycles. The molecule has 6 nitrogen and oxygen atoms in total. The van der Waals surface area contributed by atoms with Crippen molar-refractivity contribution >= 4 is 22.4 Å². The summed E-state index contributed by atoms with van der Waals surface area (Å²) in [5, 5.41) is 12.7. The van der Waals surface area contributed by atoms with Gasteiger partial charge < -0.3 is 15.8 Å². The number of nitrogens with zero attached hydrogens (tertiary/aromatic N) is 2. The summed E-state index contributed by atoms with van der Waals surface area (Å²) >= 11 is 1.43. The van der Waals surface area contributed by atoms with Crippen LogP contribution in [-0.2, 0) is 6.61 Å². The third-order valence-electron chi connectivity index (χ3n) is 2.50. The van der Waals surface area contributed by atoms with Crippen LogP contribution in [0.25, 0.3) is 0 Å². The monoisotopic (exact) mass is 292 g/mol. The Morgan fingerprint density at radius 3 is 2.95 bits per heavy atom. The summed E-state index contributed by atoms with van der Waals surface area (Å²) in [6.07, 6.45) is 1.03. The van der Waals surface area contributed by atoms with Gasteiger partial charge in [-0.25, -0.2) is 0 Å². The van der Waals surface area contributed by atoms with Crippen LogP contribution >= 0.6 is 11.3 Å². The molecule has 2 aromatic rings. The second-order valence-electron chi connectivity index (χ2n) is 4.08. The normalized spacial score (nSPS) is 10.2. The summed E-state index contributed by atoms with van der Waals surface area (Å²) in [7, 11) is 0. The van der Waals surface area contributed by atoms with Gasteiger partial charge in [-0.05, 0) is 18.6 Å². The number of benzene rings is 1. The van der Waals surface area contributed by atoms with Gasteiger partial charge in [-0.15, -0.1) is 10.2 Å². The Bertz CT molecular complexity index is 585. The Kier molecular flexibility index (Phi) is 4.89. The van der Waals surface area contributed by atoms with Crippen LogP contribution in [0.4, 0.5) is 5.13 Å². The third kappa shape index (κ3) is 3.67. The number of primary amides is 1.